The molecule has 0 aromatic rings. The molecule has 2 nitrogen and oxygen atoms in total. The molecule has 8 heavy (non-hydrogen) atoms. The number of rotatable bonds is 2. The summed E-state index contributed by atoms with van der Waals surface area (Å²) in [4.78, 5) is 0. The minimum Gasteiger partial charge on any atom is -0.490 e. The van der Waals surface area contributed by atoms with Crippen LogP contribution in [0.1, 0.15) is 19.8 Å². The maximum Gasteiger partial charge on any atom is 0.159 e. The van der Waals surface area contributed by atoms with Crippen LogP contribution in [0.5, 0.6) is 0 Å². The van der Waals surface area contributed by atoms with Crippen LogP contribution in [0.2, 0.25) is 0 Å². The van der Waals surface area contributed by atoms with Crippen molar-refractivity contribution in [3.05, 3.63) is 0 Å². The molecule has 0 amide bonds. The van der Waals surface area contributed by atoms with Gasteiger partial charge in [-0.2, -0.15) is 0 Å². The zero-order chi connectivity index (χ0) is 5.70. The lowest BCUT2D eigenvalue weighted by Crippen LogP contribution is -1.93. The monoisotopic (exact) mass is 135 g/mol. The fraction of sp³-hybridized carbons (Fsp3) is 0.800. The second-order valence-electron chi connectivity index (χ2n) is 1.33. The van der Waals surface area contributed by atoms with Crippen molar-refractivity contribution in [2.45, 2.75) is 19.8 Å². The van der Waals surface area contributed by atoms with E-state index >= 15 is 0 Å². The van der Waals surface area contributed by atoms with Crippen molar-refractivity contribution >= 4 is 17.3 Å². The molecule has 0 unspecified atom stereocenters. The van der Waals surface area contributed by atoms with E-state index in [4.69, 9.17) is 17.0 Å². The van der Waals surface area contributed by atoms with Gasteiger partial charge in [0.2, 0.25) is 0 Å². The highest BCUT2D eigenvalue weighted by atomic mass is 32.1. The van der Waals surface area contributed by atoms with Crippen LogP contribution in [0.15, 0.2) is 0 Å². The molecular formula is C5H13NOS. The van der Waals surface area contributed by atoms with Crippen LogP contribution in [0.4, 0.5) is 0 Å². The lowest BCUT2D eigenvalue weighted by Gasteiger charge is -1.95. The topological polar surface area (TPSA) is 44.2 Å². The third-order valence-electron chi connectivity index (χ3n) is 0.682. The van der Waals surface area contributed by atoms with E-state index in [0.29, 0.717) is 5.05 Å². The Balaban J connectivity index is 0. The highest BCUT2D eigenvalue weighted by molar-refractivity contribution is 7.80. The van der Waals surface area contributed by atoms with Gasteiger partial charge in [0.15, 0.2) is 5.05 Å². The quantitative estimate of drug-likeness (QED) is 0.588. The molecule has 50 valence electrons. The van der Waals surface area contributed by atoms with E-state index in [2.05, 4.69) is 6.92 Å². The summed E-state index contributed by atoms with van der Waals surface area (Å²) in [5.41, 5.74) is 0. The molecule has 0 aromatic carbocycles. The number of ether oxygens (including phenoxy) is 1. The number of thiocarbonyl (C=S) groups is 1. The van der Waals surface area contributed by atoms with Crippen molar-refractivity contribution in [1.29, 1.82) is 0 Å². The first-order valence-electron chi connectivity index (χ1n) is 2.38. The Hall–Kier alpha value is -0.150. The maximum absolute atomic E-state index is 4.73. The lowest BCUT2D eigenvalue weighted by atomic mass is 10.4. The van der Waals surface area contributed by atoms with Crippen LogP contribution in [0.3, 0.4) is 0 Å². The van der Waals surface area contributed by atoms with Gasteiger partial charge in [-0.3, -0.25) is 0 Å². The molecule has 0 aliphatic carbocycles. The van der Waals surface area contributed by atoms with Gasteiger partial charge in [-0.1, -0.05) is 6.92 Å². The second kappa shape index (κ2) is 6.85. The Bertz CT molecular complexity index is 65.4. The predicted octanol–water partition coefficient (Wildman–Crippen LogP) is 1.92. The first kappa shape index (κ1) is 10.8. The zero-order valence-corrected chi connectivity index (χ0v) is 6.25. The van der Waals surface area contributed by atoms with Crippen molar-refractivity contribution in [1.82, 2.24) is 6.15 Å². The van der Waals surface area contributed by atoms with Gasteiger partial charge in [0.05, 0.1) is 7.11 Å². The van der Waals surface area contributed by atoms with Gasteiger partial charge in [-0.15, -0.1) is 0 Å². The fourth-order valence-corrected chi connectivity index (χ4v) is 0.510. The van der Waals surface area contributed by atoms with Gasteiger partial charge in [-0.05, 0) is 18.6 Å². The van der Waals surface area contributed by atoms with Gasteiger partial charge in [-0.25, -0.2) is 0 Å². The van der Waals surface area contributed by atoms with Crippen LogP contribution in [0.25, 0.3) is 0 Å². The molecule has 0 rings (SSSR count). The average Bonchev–Trinajstić information content (AvgIpc) is 1.68. The van der Waals surface area contributed by atoms with Crippen LogP contribution in [-0.2, 0) is 4.74 Å². The summed E-state index contributed by atoms with van der Waals surface area (Å²) in [6, 6.07) is 0. The molecule has 3 N–H and O–H groups in total. The first-order chi connectivity index (χ1) is 3.31. The Kier molecular flexibility index (Phi) is 9.22. The third-order valence-corrected chi connectivity index (χ3v) is 1.05. The summed E-state index contributed by atoms with van der Waals surface area (Å²) in [5, 5.41) is 0.711. The normalized spacial score (nSPS) is 7.25. The largest absolute Gasteiger partial charge is 0.490 e. The smallest absolute Gasteiger partial charge is 0.159 e. The van der Waals surface area contributed by atoms with E-state index in [0.717, 1.165) is 12.8 Å². The van der Waals surface area contributed by atoms with Crippen LogP contribution in [0, 0.1) is 0 Å². The summed E-state index contributed by atoms with van der Waals surface area (Å²) in [6.07, 6.45) is 1.98. The van der Waals surface area contributed by atoms with Gasteiger partial charge in [0, 0.05) is 6.42 Å². The molecule has 0 radical (unpaired) electrons. The minimum absolute atomic E-state index is 0. The second-order valence-corrected chi connectivity index (χ2v) is 1.78. The van der Waals surface area contributed by atoms with E-state index in [1.54, 1.807) is 7.11 Å². The fourth-order valence-electron chi connectivity index (χ4n) is 0.306. The Morgan fingerprint density at radius 3 is 2.25 bits per heavy atom. The van der Waals surface area contributed by atoms with E-state index in [1.807, 2.05) is 0 Å². The van der Waals surface area contributed by atoms with E-state index in [9.17, 15) is 0 Å². The summed E-state index contributed by atoms with van der Waals surface area (Å²) < 4.78 is 4.72. The van der Waals surface area contributed by atoms with Gasteiger partial charge < -0.3 is 10.9 Å². The SMILES string of the molecule is CCCC(=S)OC.N. The Morgan fingerprint density at radius 2 is 2.12 bits per heavy atom. The van der Waals surface area contributed by atoms with Gasteiger partial charge in [0.25, 0.3) is 0 Å². The molecule has 0 fully saturated rings. The van der Waals surface area contributed by atoms with Crippen LogP contribution in [-0.4, -0.2) is 12.2 Å². The molecular weight excluding hydrogens is 122 g/mol. The van der Waals surface area contributed by atoms with Crippen molar-refractivity contribution in [3.63, 3.8) is 0 Å². The number of hydrogen-bond acceptors (Lipinski definition) is 3. The molecule has 0 saturated heterocycles. The highest BCUT2D eigenvalue weighted by Gasteiger charge is 1.87. The van der Waals surface area contributed by atoms with Crippen LogP contribution < -0.4 is 6.15 Å². The Labute approximate surface area is 55.8 Å². The summed E-state index contributed by atoms with van der Waals surface area (Å²) in [6.45, 7) is 2.07. The van der Waals surface area contributed by atoms with Crippen molar-refractivity contribution < 1.29 is 4.74 Å². The van der Waals surface area contributed by atoms with Crippen LogP contribution >= 0.6 is 12.2 Å². The summed E-state index contributed by atoms with van der Waals surface area (Å²) >= 11 is 4.73. The van der Waals surface area contributed by atoms with Crippen molar-refractivity contribution in [3.8, 4) is 0 Å². The van der Waals surface area contributed by atoms with E-state index in [-0.39, 0.29) is 6.15 Å². The maximum atomic E-state index is 4.73. The van der Waals surface area contributed by atoms with Crippen molar-refractivity contribution in [2.24, 2.45) is 0 Å². The zero-order valence-electron chi connectivity index (χ0n) is 5.44. The van der Waals surface area contributed by atoms with E-state index < -0.39 is 0 Å². The third kappa shape index (κ3) is 5.85. The molecule has 0 heterocycles. The molecule has 0 saturated carbocycles. The molecule has 0 spiro atoms. The highest BCUT2D eigenvalue weighted by Crippen LogP contribution is 1.90. The number of hydrogen-bond donors (Lipinski definition) is 1. The minimum atomic E-state index is 0. The first-order valence-corrected chi connectivity index (χ1v) is 2.79. The standard InChI is InChI=1S/C5H10OS.H3N/c1-3-4-5(7)6-2;/h3-4H2,1-2H3;1H3. The molecule has 3 heteroatoms. The average molecular weight is 135 g/mol. The Morgan fingerprint density at radius 1 is 1.62 bits per heavy atom. The summed E-state index contributed by atoms with van der Waals surface area (Å²) in [5.74, 6) is 0. The molecule has 0 aliphatic rings. The van der Waals surface area contributed by atoms with E-state index in [1.165, 1.54) is 0 Å². The van der Waals surface area contributed by atoms with Gasteiger partial charge in [0.1, 0.15) is 0 Å². The van der Waals surface area contributed by atoms with Gasteiger partial charge >= 0.3 is 0 Å². The summed E-state index contributed by atoms with van der Waals surface area (Å²) in [7, 11) is 1.61. The molecule has 0 aliphatic heterocycles. The van der Waals surface area contributed by atoms with Crippen molar-refractivity contribution in [2.75, 3.05) is 7.11 Å². The molecule has 0 bridgehead atoms. The molecule has 0 atom stereocenters. The predicted molar refractivity (Wildman–Crippen MR) is 39.5 cm³/mol. The number of methoxy groups -OCH3 is 1. The molecule has 0 aromatic heterocycles. The lowest BCUT2D eigenvalue weighted by molar-refractivity contribution is 0.401.